The average molecular weight is 422 g/mol. The first kappa shape index (κ1) is 19.3. The molecule has 0 amide bonds. The van der Waals surface area contributed by atoms with Gasteiger partial charge in [-0.2, -0.15) is 9.48 Å². The summed E-state index contributed by atoms with van der Waals surface area (Å²) in [7, 11) is 1.56. The van der Waals surface area contributed by atoms with Crippen molar-refractivity contribution in [1.82, 2.24) is 19.1 Å². The second-order valence-corrected chi connectivity index (χ2v) is 7.61. The van der Waals surface area contributed by atoms with E-state index in [0.29, 0.717) is 16.9 Å². The molecule has 3 heterocycles. The smallest absolute Gasteiger partial charge is 0.365 e. The van der Waals surface area contributed by atoms with Crippen molar-refractivity contribution in [2.24, 2.45) is 7.05 Å². The van der Waals surface area contributed by atoms with Gasteiger partial charge in [-0.25, -0.2) is 18.3 Å². The Morgan fingerprint density at radius 2 is 1.84 bits per heavy atom. The number of aryl methyl sites for hydroxylation is 2. The number of pyridine rings is 1. The summed E-state index contributed by atoms with van der Waals surface area (Å²) < 4.78 is 37.5. The summed E-state index contributed by atoms with van der Waals surface area (Å²) in [5.74, 6) is 0.0882. The van der Waals surface area contributed by atoms with Crippen LogP contribution in [0.3, 0.4) is 0 Å². The molecule has 5 rings (SSSR count). The zero-order chi connectivity index (χ0) is 21.9. The average Bonchev–Trinajstić information content (AvgIpc) is 2.78. The molecular weight excluding hydrogens is 402 g/mol. The van der Waals surface area contributed by atoms with Crippen LogP contribution < -0.4 is 10.4 Å². The van der Waals surface area contributed by atoms with Gasteiger partial charge in [0.15, 0.2) is 0 Å². The number of fused-ring (bicyclic) bond motifs is 6. The van der Waals surface area contributed by atoms with Crippen LogP contribution in [0.1, 0.15) is 28.8 Å². The first-order valence-electron chi connectivity index (χ1n) is 9.86. The van der Waals surface area contributed by atoms with Crippen LogP contribution in [0.25, 0.3) is 22.6 Å². The number of hydrogen-bond donors (Lipinski definition) is 0. The number of rotatable bonds is 2. The third-order valence-electron chi connectivity index (χ3n) is 5.68. The fraction of sp³-hybridized carbons (Fsp3) is 0.217. The van der Waals surface area contributed by atoms with Crippen LogP contribution in [-0.4, -0.2) is 19.1 Å². The first-order valence-corrected chi connectivity index (χ1v) is 9.86. The molecule has 0 unspecified atom stereocenters. The van der Waals surface area contributed by atoms with E-state index in [2.05, 4.69) is 4.98 Å². The highest BCUT2D eigenvalue weighted by atomic mass is 19.3. The van der Waals surface area contributed by atoms with Crippen molar-refractivity contribution in [1.29, 1.82) is 0 Å². The minimum Gasteiger partial charge on any atom is -0.488 e. The van der Waals surface area contributed by atoms with E-state index < -0.39 is 6.43 Å². The monoisotopic (exact) mass is 422 g/mol. The van der Waals surface area contributed by atoms with Crippen LogP contribution in [0.2, 0.25) is 0 Å². The number of benzene rings is 2. The van der Waals surface area contributed by atoms with Crippen LogP contribution >= 0.6 is 0 Å². The van der Waals surface area contributed by atoms with Crippen molar-refractivity contribution >= 4 is 0 Å². The molecule has 0 atom stereocenters. The number of alkyl halides is 2. The van der Waals surface area contributed by atoms with Gasteiger partial charge in [0.05, 0.1) is 16.9 Å². The highest BCUT2D eigenvalue weighted by Gasteiger charge is 2.32. The van der Waals surface area contributed by atoms with Gasteiger partial charge in [0.2, 0.25) is 0 Å². The zero-order valence-electron chi connectivity index (χ0n) is 17.3. The Bertz CT molecular complexity index is 1380. The molecule has 2 bridgehead atoms. The SMILES string of the molecule is Cc1cccc(-c2ccc3c(C(F)F)c2-n2n(C)c(=O)n2-c2cccc(C)c2CO3)n1. The lowest BCUT2D eigenvalue weighted by Gasteiger charge is -2.28. The third-order valence-corrected chi connectivity index (χ3v) is 5.68. The maximum atomic E-state index is 14.4. The molecule has 0 spiro atoms. The lowest BCUT2D eigenvalue weighted by Crippen LogP contribution is -2.48. The van der Waals surface area contributed by atoms with E-state index in [1.807, 2.05) is 38.1 Å². The summed E-state index contributed by atoms with van der Waals surface area (Å²) in [6, 6.07) is 14.2. The van der Waals surface area contributed by atoms with Crippen LogP contribution in [0.5, 0.6) is 5.75 Å². The molecule has 0 aliphatic carbocycles. The van der Waals surface area contributed by atoms with Crippen LogP contribution in [-0.2, 0) is 13.7 Å². The van der Waals surface area contributed by atoms with Crippen molar-refractivity contribution in [2.75, 3.05) is 0 Å². The number of nitrogens with zero attached hydrogens (tertiary/aromatic N) is 4. The summed E-state index contributed by atoms with van der Waals surface area (Å²) >= 11 is 0. The highest BCUT2D eigenvalue weighted by Crippen LogP contribution is 2.41. The van der Waals surface area contributed by atoms with Gasteiger partial charge in [-0.05, 0) is 49.7 Å². The number of aromatic nitrogens is 4. The fourth-order valence-electron chi connectivity index (χ4n) is 4.12. The van der Waals surface area contributed by atoms with Crippen LogP contribution in [0.4, 0.5) is 8.78 Å². The summed E-state index contributed by atoms with van der Waals surface area (Å²) in [6.07, 6.45) is -2.82. The van der Waals surface area contributed by atoms with Crippen molar-refractivity contribution < 1.29 is 13.5 Å². The van der Waals surface area contributed by atoms with Gasteiger partial charge < -0.3 is 4.74 Å². The Balaban J connectivity index is 1.92. The maximum Gasteiger partial charge on any atom is 0.365 e. The molecule has 0 radical (unpaired) electrons. The highest BCUT2D eigenvalue weighted by molar-refractivity contribution is 5.75. The van der Waals surface area contributed by atoms with Crippen LogP contribution in [0.15, 0.2) is 53.3 Å². The Morgan fingerprint density at radius 3 is 2.58 bits per heavy atom. The van der Waals surface area contributed by atoms with E-state index >= 15 is 0 Å². The minimum absolute atomic E-state index is 0.0740. The third kappa shape index (κ3) is 2.82. The second-order valence-electron chi connectivity index (χ2n) is 7.61. The van der Waals surface area contributed by atoms with Crippen molar-refractivity contribution in [2.45, 2.75) is 26.9 Å². The molecule has 2 aromatic heterocycles. The number of hydrogen-bond acceptors (Lipinski definition) is 3. The molecule has 0 fully saturated rings. The number of ether oxygens (including phenoxy) is 1. The molecule has 0 saturated heterocycles. The lowest BCUT2D eigenvalue weighted by molar-refractivity contribution is 0.143. The van der Waals surface area contributed by atoms with Crippen molar-refractivity contribution in [3.63, 3.8) is 0 Å². The lowest BCUT2D eigenvalue weighted by atomic mass is 10.0. The molecule has 0 N–H and O–H groups in total. The maximum absolute atomic E-state index is 14.4. The molecule has 0 saturated carbocycles. The van der Waals surface area contributed by atoms with Gasteiger partial charge >= 0.3 is 5.69 Å². The van der Waals surface area contributed by atoms with Crippen molar-refractivity contribution in [3.05, 3.63) is 81.4 Å². The zero-order valence-corrected chi connectivity index (χ0v) is 17.3. The van der Waals surface area contributed by atoms with Crippen molar-refractivity contribution in [3.8, 4) is 28.4 Å². The quantitative estimate of drug-likeness (QED) is 0.479. The molecule has 1 aliphatic rings. The van der Waals surface area contributed by atoms with E-state index in [-0.39, 0.29) is 29.3 Å². The largest absolute Gasteiger partial charge is 0.488 e. The molecule has 1 aliphatic heterocycles. The molecule has 2 aromatic carbocycles. The minimum atomic E-state index is -2.82. The summed E-state index contributed by atoms with van der Waals surface area (Å²) in [6.45, 7) is 3.82. The van der Waals surface area contributed by atoms with E-state index in [1.165, 1.54) is 14.2 Å². The Kier molecular flexibility index (Phi) is 4.32. The van der Waals surface area contributed by atoms with Gasteiger partial charge in [-0.3, -0.25) is 4.98 Å². The molecule has 6 nitrogen and oxygen atoms in total. The van der Waals surface area contributed by atoms with Gasteiger partial charge in [0, 0.05) is 23.9 Å². The van der Waals surface area contributed by atoms with E-state index in [1.54, 1.807) is 31.3 Å². The Labute approximate surface area is 176 Å². The Hall–Kier alpha value is -3.68. The van der Waals surface area contributed by atoms with Gasteiger partial charge in [-0.1, -0.05) is 18.2 Å². The normalized spacial score (nSPS) is 12.6. The van der Waals surface area contributed by atoms with Crippen LogP contribution in [0, 0.1) is 13.8 Å². The molecule has 31 heavy (non-hydrogen) atoms. The van der Waals surface area contributed by atoms with E-state index in [9.17, 15) is 13.6 Å². The van der Waals surface area contributed by atoms with E-state index in [0.717, 1.165) is 16.8 Å². The first-order chi connectivity index (χ1) is 14.9. The molecule has 4 aromatic rings. The molecule has 158 valence electrons. The predicted molar refractivity (Wildman–Crippen MR) is 112 cm³/mol. The van der Waals surface area contributed by atoms with Gasteiger partial charge in [-0.15, -0.1) is 0 Å². The molecule has 8 heteroatoms. The topological polar surface area (TPSA) is 54.0 Å². The summed E-state index contributed by atoms with van der Waals surface area (Å²) in [4.78, 5) is 18.9. The van der Waals surface area contributed by atoms with Gasteiger partial charge in [0.25, 0.3) is 6.43 Å². The summed E-state index contributed by atoms with van der Waals surface area (Å²) in [5, 5.41) is 0. The van der Waals surface area contributed by atoms with Gasteiger partial charge in [0.1, 0.15) is 18.0 Å². The fourth-order valence-corrected chi connectivity index (χ4v) is 4.12. The Morgan fingerprint density at radius 1 is 1.06 bits per heavy atom. The predicted octanol–water partition coefficient (Wildman–Crippen LogP) is 4.48. The second kappa shape index (κ2) is 6.94. The number of halogens is 2. The van der Waals surface area contributed by atoms with E-state index in [4.69, 9.17) is 4.74 Å². The summed E-state index contributed by atoms with van der Waals surface area (Å²) in [5.41, 5.74) is 3.68. The standard InChI is InChI=1S/C23H20F2N4O2/c1-13-6-4-9-18-16(13)12-31-19-11-10-15(17-8-5-7-14(2)26-17)21(20(19)22(24)25)29-27(3)23(30)28(18)29/h4-11,22H,12H2,1-3H3. The molecular formula is C23H20F2N4O2.